The van der Waals surface area contributed by atoms with Crippen molar-refractivity contribution in [3.63, 3.8) is 0 Å². The van der Waals surface area contributed by atoms with Crippen LogP contribution in [0.3, 0.4) is 0 Å². The van der Waals surface area contributed by atoms with Crippen molar-refractivity contribution in [2.45, 2.75) is 13.8 Å². The zero-order valence-corrected chi connectivity index (χ0v) is 9.64. The van der Waals surface area contributed by atoms with Gasteiger partial charge in [-0.2, -0.15) is 0 Å². The minimum atomic E-state index is 0.565. The molecule has 1 rings (SSSR count). The quantitative estimate of drug-likeness (QED) is 0.607. The second-order valence-corrected chi connectivity index (χ2v) is 4.08. The summed E-state index contributed by atoms with van der Waals surface area (Å²) >= 11 is 0. The summed E-state index contributed by atoms with van der Waals surface area (Å²) in [4.78, 5) is 6.30. The van der Waals surface area contributed by atoms with E-state index in [2.05, 4.69) is 18.8 Å². The second kappa shape index (κ2) is 5.39. The molecule has 2 N–H and O–H groups in total. The van der Waals surface area contributed by atoms with Crippen molar-refractivity contribution >= 4 is 11.6 Å². The van der Waals surface area contributed by atoms with Gasteiger partial charge < -0.3 is 10.6 Å². The Bertz CT molecular complexity index is 317. The Balaban J connectivity index is 2.67. The summed E-state index contributed by atoms with van der Waals surface area (Å²) in [6.07, 6.45) is 0. The third-order valence-corrected chi connectivity index (χ3v) is 2.03. The molecular formula is C12H19N3. The van der Waals surface area contributed by atoms with Crippen LogP contribution in [-0.4, -0.2) is 24.5 Å². The van der Waals surface area contributed by atoms with Crippen LogP contribution in [0.15, 0.2) is 35.3 Å². The van der Waals surface area contributed by atoms with Gasteiger partial charge in [0, 0.05) is 13.6 Å². The molecule has 15 heavy (non-hydrogen) atoms. The lowest BCUT2D eigenvalue weighted by Crippen LogP contribution is -2.36. The van der Waals surface area contributed by atoms with Crippen LogP contribution in [0, 0.1) is 5.92 Å². The molecular weight excluding hydrogens is 186 g/mol. The van der Waals surface area contributed by atoms with E-state index in [4.69, 9.17) is 5.73 Å². The molecule has 0 bridgehead atoms. The smallest absolute Gasteiger partial charge is 0.196 e. The monoisotopic (exact) mass is 205 g/mol. The van der Waals surface area contributed by atoms with Gasteiger partial charge >= 0.3 is 0 Å². The number of rotatable bonds is 3. The molecule has 0 saturated carbocycles. The van der Waals surface area contributed by atoms with E-state index in [1.807, 2.05) is 42.3 Å². The first-order valence-electron chi connectivity index (χ1n) is 5.20. The summed E-state index contributed by atoms with van der Waals surface area (Å²) in [6, 6.07) is 9.75. The zero-order valence-electron chi connectivity index (χ0n) is 9.64. The van der Waals surface area contributed by atoms with Crippen LogP contribution in [0.2, 0.25) is 0 Å². The van der Waals surface area contributed by atoms with E-state index in [9.17, 15) is 0 Å². The third-order valence-electron chi connectivity index (χ3n) is 2.03. The molecule has 1 aromatic rings. The number of hydrogen-bond donors (Lipinski definition) is 1. The standard InChI is InChI=1S/C12H19N3/c1-10(2)9-15(3)12(13)14-11-7-5-4-6-8-11/h4-8,10H,9H2,1-3H3,(H2,13,14). The van der Waals surface area contributed by atoms with Gasteiger partial charge in [0.25, 0.3) is 0 Å². The molecule has 0 aromatic heterocycles. The first kappa shape index (κ1) is 11.6. The molecule has 0 spiro atoms. The third kappa shape index (κ3) is 4.02. The number of aliphatic imine (C=N–C) groups is 1. The summed E-state index contributed by atoms with van der Waals surface area (Å²) in [5, 5.41) is 0. The molecule has 3 heteroatoms. The maximum atomic E-state index is 5.87. The maximum Gasteiger partial charge on any atom is 0.196 e. The minimum absolute atomic E-state index is 0.565. The molecule has 0 aliphatic carbocycles. The van der Waals surface area contributed by atoms with E-state index >= 15 is 0 Å². The maximum absolute atomic E-state index is 5.87. The van der Waals surface area contributed by atoms with Gasteiger partial charge in [0.05, 0.1) is 5.69 Å². The van der Waals surface area contributed by atoms with Crippen molar-refractivity contribution in [1.29, 1.82) is 0 Å². The number of nitrogens with two attached hydrogens (primary N) is 1. The highest BCUT2D eigenvalue weighted by Gasteiger charge is 2.03. The highest BCUT2D eigenvalue weighted by Crippen LogP contribution is 2.10. The van der Waals surface area contributed by atoms with Crippen molar-refractivity contribution in [1.82, 2.24) is 4.90 Å². The number of para-hydroxylation sites is 1. The molecule has 0 unspecified atom stereocenters. The van der Waals surface area contributed by atoms with Crippen LogP contribution in [0.1, 0.15) is 13.8 Å². The fourth-order valence-corrected chi connectivity index (χ4v) is 1.36. The highest BCUT2D eigenvalue weighted by molar-refractivity contribution is 5.80. The van der Waals surface area contributed by atoms with Crippen molar-refractivity contribution in [2.75, 3.05) is 13.6 Å². The lowest BCUT2D eigenvalue weighted by atomic mass is 10.2. The second-order valence-electron chi connectivity index (χ2n) is 4.08. The van der Waals surface area contributed by atoms with E-state index in [0.717, 1.165) is 12.2 Å². The lowest BCUT2D eigenvalue weighted by Gasteiger charge is -2.19. The van der Waals surface area contributed by atoms with Crippen LogP contribution >= 0.6 is 0 Å². The fraction of sp³-hybridized carbons (Fsp3) is 0.417. The molecule has 0 heterocycles. The number of benzene rings is 1. The van der Waals surface area contributed by atoms with Gasteiger partial charge in [-0.25, -0.2) is 4.99 Å². The van der Waals surface area contributed by atoms with Gasteiger partial charge in [-0.3, -0.25) is 0 Å². The Hall–Kier alpha value is -1.51. The first-order valence-corrected chi connectivity index (χ1v) is 5.20. The van der Waals surface area contributed by atoms with Crippen molar-refractivity contribution in [3.05, 3.63) is 30.3 Å². The average molecular weight is 205 g/mol. The van der Waals surface area contributed by atoms with Crippen LogP contribution < -0.4 is 5.73 Å². The predicted octanol–water partition coefficient (Wildman–Crippen LogP) is 2.22. The Morgan fingerprint density at radius 1 is 1.33 bits per heavy atom. The number of guanidine groups is 1. The Morgan fingerprint density at radius 2 is 1.93 bits per heavy atom. The molecule has 82 valence electrons. The molecule has 0 amide bonds. The van der Waals surface area contributed by atoms with E-state index in [1.165, 1.54) is 0 Å². The van der Waals surface area contributed by atoms with Gasteiger partial charge in [-0.1, -0.05) is 32.0 Å². The summed E-state index contributed by atoms with van der Waals surface area (Å²) < 4.78 is 0. The normalized spacial score (nSPS) is 11.9. The van der Waals surface area contributed by atoms with Crippen LogP contribution in [0.25, 0.3) is 0 Å². The molecule has 0 atom stereocenters. The van der Waals surface area contributed by atoms with Crippen LogP contribution in [0.5, 0.6) is 0 Å². The first-order chi connectivity index (χ1) is 7.09. The van der Waals surface area contributed by atoms with Gasteiger partial charge in [0.2, 0.25) is 0 Å². The van der Waals surface area contributed by atoms with Gasteiger partial charge in [-0.15, -0.1) is 0 Å². The Morgan fingerprint density at radius 3 is 2.47 bits per heavy atom. The topological polar surface area (TPSA) is 41.6 Å². The largest absolute Gasteiger partial charge is 0.369 e. The van der Waals surface area contributed by atoms with E-state index in [0.29, 0.717) is 11.9 Å². The predicted molar refractivity (Wildman–Crippen MR) is 65.2 cm³/mol. The van der Waals surface area contributed by atoms with Gasteiger partial charge in [0.15, 0.2) is 5.96 Å². The van der Waals surface area contributed by atoms with Gasteiger partial charge in [-0.05, 0) is 18.1 Å². The molecule has 0 saturated heterocycles. The van der Waals surface area contributed by atoms with Gasteiger partial charge in [0.1, 0.15) is 0 Å². The highest BCUT2D eigenvalue weighted by atomic mass is 15.2. The summed E-state index contributed by atoms with van der Waals surface area (Å²) in [6.45, 7) is 5.24. The average Bonchev–Trinajstić information content (AvgIpc) is 2.18. The SMILES string of the molecule is CC(C)CN(C)C(N)=Nc1ccccc1. The fourth-order valence-electron chi connectivity index (χ4n) is 1.36. The summed E-state index contributed by atoms with van der Waals surface area (Å²) in [5.74, 6) is 1.15. The molecule has 3 nitrogen and oxygen atoms in total. The number of nitrogens with zero attached hydrogens (tertiary/aromatic N) is 2. The van der Waals surface area contributed by atoms with Crippen molar-refractivity contribution in [3.8, 4) is 0 Å². The van der Waals surface area contributed by atoms with Crippen LogP contribution in [-0.2, 0) is 0 Å². The summed E-state index contributed by atoms with van der Waals surface area (Å²) in [7, 11) is 1.96. The van der Waals surface area contributed by atoms with E-state index in [-0.39, 0.29) is 0 Å². The Kier molecular flexibility index (Phi) is 4.16. The molecule has 1 aromatic carbocycles. The zero-order chi connectivity index (χ0) is 11.3. The molecule has 0 aliphatic heterocycles. The minimum Gasteiger partial charge on any atom is -0.369 e. The van der Waals surface area contributed by atoms with Crippen LogP contribution in [0.4, 0.5) is 5.69 Å². The molecule has 0 fully saturated rings. The van der Waals surface area contributed by atoms with E-state index in [1.54, 1.807) is 0 Å². The number of hydrogen-bond acceptors (Lipinski definition) is 1. The summed E-state index contributed by atoms with van der Waals surface area (Å²) in [5.41, 5.74) is 6.77. The van der Waals surface area contributed by atoms with Crippen molar-refractivity contribution < 1.29 is 0 Å². The molecule has 0 radical (unpaired) electrons. The van der Waals surface area contributed by atoms with E-state index < -0.39 is 0 Å². The van der Waals surface area contributed by atoms with Crippen molar-refractivity contribution in [2.24, 2.45) is 16.6 Å². The Labute approximate surface area is 91.6 Å². The lowest BCUT2D eigenvalue weighted by molar-refractivity contribution is 0.421. The molecule has 0 aliphatic rings.